The second kappa shape index (κ2) is 11.1. The Bertz CT molecular complexity index is 756. The number of rotatable bonds is 7. The van der Waals surface area contributed by atoms with E-state index in [2.05, 4.69) is 16.0 Å². The molecule has 8 nitrogen and oxygen atoms in total. The van der Waals surface area contributed by atoms with Crippen LogP contribution in [0.4, 0.5) is 9.18 Å². The van der Waals surface area contributed by atoms with Crippen LogP contribution < -0.4 is 16.0 Å². The number of urea groups is 1. The Morgan fingerprint density at radius 2 is 1.77 bits per heavy atom. The molecular formula is C22H33FN4O4. The van der Waals surface area contributed by atoms with E-state index in [0.717, 1.165) is 0 Å². The number of ether oxygens (including phenoxy) is 1. The average molecular weight is 437 g/mol. The number of nitrogens with one attached hydrogen (secondary N) is 3. The maximum Gasteiger partial charge on any atom is 0.317 e. The van der Waals surface area contributed by atoms with Crippen LogP contribution in [-0.2, 0) is 9.53 Å². The van der Waals surface area contributed by atoms with E-state index in [1.807, 2.05) is 20.8 Å². The Morgan fingerprint density at radius 1 is 1.16 bits per heavy atom. The second-order valence-corrected chi connectivity index (χ2v) is 8.75. The third kappa shape index (κ3) is 7.82. The summed E-state index contributed by atoms with van der Waals surface area (Å²) in [5.41, 5.74) is -0.0565. The van der Waals surface area contributed by atoms with Crippen LogP contribution in [0.1, 0.15) is 44.0 Å². The molecule has 31 heavy (non-hydrogen) atoms. The van der Waals surface area contributed by atoms with Gasteiger partial charge in [-0.3, -0.25) is 9.59 Å². The van der Waals surface area contributed by atoms with Crippen LogP contribution in [0.15, 0.2) is 24.3 Å². The van der Waals surface area contributed by atoms with Gasteiger partial charge < -0.3 is 25.6 Å². The molecule has 0 aromatic heterocycles. The lowest BCUT2D eigenvalue weighted by molar-refractivity contribution is -0.124. The third-order valence-electron chi connectivity index (χ3n) is 5.06. The van der Waals surface area contributed by atoms with Crippen LogP contribution in [0.2, 0.25) is 0 Å². The van der Waals surface area contributed by atoms with Gasteiger partial charge >= 0.3 is 6.03 Å². The summed E-state index contributed by atoms with van der Waals surface area (Å²) in [6, 6.07) is 4.27. The second-order valence-electron chi connectivity index (χ2n) is 8.75. The SMILES string of the molecule is COCCNC(=O)[C@@H](NC(=O)c1ccc(F)cc1)C1CCN(C(=O)NC(C)(C)C)CC1. The third-order valence-corrected chi connectivity index (χ3v) is 5.06. The molecule has 4 amide bonds. The standard InChI is InChI=1S/C22H33FN4O4/c1-22(2,3)26-21(30)27-12-9-15(10-13-27)18(20(29)24-11-14-31-4)25-19(28)16-5-7-17(23)8-6-16/h5-8,15,18H,9-14H2,1-4H3,(H,24,29)(H,25,28)(H,26,30)/t18-/m0/s1. The van der Waals surface area contributed by atoms with E-state index in [0.29, 0.717) is 39.1 Å². The Hall–Kier alpha value is -2.68. The highest BCUT2D eigenvalue weighted by Crippen LogP contribution is 2.22. The molecule has 0 saturated carbocycles. The fraction of sp³-hybridized carbons (Fsp3) is 0.591. The van der Waals surface area contributed by atoms with Gasteiger partial charge in [-0.25, -0.2) is 9.18 Å². The van der Waals surface area contributed by atoms with Crippen LogP contribution >= 0.6 is 0 Å². The van der Waals surface area contributed by atoms with Crippen molar-refractivity contribution < 1.29 is 23.5 Å². The Balaban J connectivity index is 2.05. The number of nitrogens with zero attached hydrogens (tertiary/aromatic N) is 1. The lowest BCUT2D eigenvalue weighted by atomic mass is 9.88. The molecule has 1 aliphatic rings. The van der Waals surface area contributed by atoms with Gasteiger partial charge in [-0.1, -0.05) is 0 Å². The molecule has 1 heterocycles. The molecule has 0 aliphatic carbocycles. The molecule has 1 aromatic carbocycles. The van der Waals surface area contributed by atoms with Crippen LogP contribution in [-0.4, -0.2) is 67.7 Å². The number of methoxy groups -OCH3 is 1. The van der Waals surface area contributed by atoms with Gasteiger partial charge in [0.1, 0.15) is 11.9 Å². The number of halogens is 1. The smallest absolute Gasteiger partial charge is 0.317 e. The van der Waals surface area contributed by atoms with Crippen molar-refractivity contribution in [1.29, 1.82) is 0 Å². The van der Waals surface area contributed by atoms with Crippen molar-refractivity contribution in [1.82, 2.24) is 20.9 Å². The molecule has 0 bridgehead atoms. The molecule has 2 rings (SSSR count). The summed E-state index contributed by atoms with van der Waals surface area (Å²) in [6.07, 6.45) is 1.15. The Labute approximate surface area is 182 Å². The Kier molecular flexibility index (Phi) is 8.79. The highest BCUT2D eigenvalue weighted by Gasteiger charge is 2.34. The van der Waals surface area contributed by atoms with Crippen molar-refractivity contribution in [2.75, 3.05) is 33.4 Å². The summed E-state index contributed by atoms with van der Waals surface area (Å²) >= 11 is 0. The van der Waals surface area contributed by atoms with E-state index >= 15 is 0 Å². The van der Waals surface area contributed by atoms with Gasteiger partial charge in [0, 0.05) is 37.8 Å². The number of carbonyl (C=O) groups is 3. The predicted molar refractivity (Wildman–Crippen MR) is 115 cm³/mol. The topological polar surface area (TPSA) is 99.8 Å². The lowest BCUT2D eigenvalue weighted by Gasteiger charge is -2.37. The van der Waals surface area contributed by atoms with Crippen LogP contribution in [0.25, 0.3) is 0 Å². The summed E-state index contributed by atoms with van der Waals surface area (Å²) < 4.78 is 18.1. The lowest BCUT2D eigenvalue weighted by Crippen LogP contribution is -2.56. The van der Waals surface area contributed by atoms with Gasteiger partial charge in [-0.05, 0) is 63.8 Å². The number of piperidine rings is 1. The molecule has 1 fully saturated rings. The first-order valence-electron chi connectivity index (χ1n) is 10.5. The summed E-state index contributed by atoms with van der Waals surface area (Å²) in [5.74, 6) is -1.32. The van der Waals surface area contributed by atoms with E-state index < -0.39 is 17.8 Å². The van der Waals surface area contributed by atoms with Crippen molar-refractivity contribution in [3.8, 4) is 0 Å². The van der Waals surface area contributed by atoms with Gasteiger partial charge in [-0.2, -0.15) is 0 Å². The van der Waals surface area contributed by atoms with E-state index in [1.54, 1.807) is 4.90 Å². The summed E-state index contributed by atoms with van der Waals surface area (Å²) in [7, 11) is 1.54. The van der Waals surface area contributed by atoms with E-state index in [-0.39, 0.29) is 29.0 Å². The van der Waals surface area contributed by atoms with Gasteiger partial charge in [0.15, 0.2) is 0 Å². The van der Waals surface area contributed by atoms with Crippen LogP contribution in [0.3, 0.4) is 0 Å². The molecule has 9 heteroatoms. The molecule has 0 unspecified atom stereocenters. The fourth-order valence-corrected chi connectivity index (χ4v) is 3.45. The molecule has 1 atom stereocenters. The van der Waals surface area contributed by atoms with Crippen molar-refractivity contribution in [2.24, 2.45) is 5.92 Å². The molecule has 0 spiro atoms. The molecule has 1 aromatic rings. The Morgan fingerprint density at radius 3 is 2.32 bits per heavy atom. The van der Waals surface area contributed by atoms with Crippen molar-refractivity contribution in [2.45, 2.75) is 45.2 Å². The van der Waals surface area contributed by atoms with Crippen molar-refractivity contribution in [3.63, 3.8) is 0 Å². The highest BCUT2D eigenvalue weighted by molar-refractivity contribution is 5.97. The van der Waals surface area contributed by atoms with Crippen LogP contribution in [0, 0.1) is 11.7 Å². The van der Waals surface area contributed by atoms with Gasteiger partial charge in [0.2, 0.25) is 5.91 Å². The van der Waals surface area contributed by atoms with Crippen molar-refractivity contribution in [3.05, 3.63) is 35.6 Å². The molecule has 3 N–H and O–H groups in total. The first-order valence-corrected chi connectivity index (χ1v) is 10.5. The quantitative estimate of drug-likeness (QED) is 0.569. The van der Waals surface area contributed by atoms with Crippen molar-refractivity contribution >= 4 is 17.8 Å². The average Bonchev–Trinajstić information content (AvgIpc) is 2.71. The minimum Gasteiger partial charge on any atom is -0.383 e. The molecular weight excluding hydrogens is 403 g/mol. The van der Waals surface area contributed by atoms with Gasteiger partial charge in [-0.15, -0.1) is 0 Å². The van der Waals surface area contributed by atoms with E-state index in [4.69, 9.17) is 4.74 Å². The summed E-state index contributed by atoms with van der Waals surface area (Å²) in [5, 5.41) is 8.52. The van der Waals surface area contributed by atoms with E-state index in [1.165, 1.54) is 31.4 Å². The van der Waals surface area contributed by atoms with Gasteiger partial charge in [0.25, 0.3) is 5.91 Å². The molecule has 1 aliphatic heterocycles. The number of amides is 4. The first-order chi connectivity index (χ1) is 14.6. The fourth-order valence-electron chi connectivity index (χ4n) is 3.45. The monoisotopic (exact) mass is 436 g/mol. The number of likely N-dealkylation sites (tertiary alicyclic amines) is 1. The number of hydrogen-bond donors (Lipinski definition) is 3. The molecule has 172 valence electrons. The first kappa shape index (κ1) is 24.6. The maximum atomic E-state index is 13.2. The minimum absolute atomic E-state index is 0.134. The summed E-state index contributed by atoms with van der Waals surface area (Å²) in [4.78, 5) is 39.6. The number of benzene rings is 1. The number of carbonyl (C=O) groups excluding carboxylic acids is 3. The molecule has 1 saturated heterocycles. The zero-order valence-corrected chi connectivity index (χ0v) is 18.7. The number of hydrogen-bond acceptors (Lipinski definition) is 4. The van der Waals surface area contributed by atoms with Gasteiger partial charge in [0.05, 0.1) is 6.61 Å². The maximum absolute atomic E-state index is 13.2. The minimum atomic E-state index is -0.762. The zero-order valence-electron chi connectivity index (χ0n) is 18.7. The molecule has 0 radical (unpaired) electrons. The van der Waals surface area contributed by atoms with E-state index in [9.17, 15) is 18.8 Å². The summed E-state index contributed by atoms with van der Waals surface area (Å²) in [6.45, 7) is 7.41. The largest absolute Gasteiger partial charge is 0.383 e. The normalized spacial score (nSPS) is 15.8. The highest BCUT2D eigenvalue weighted by atomic mass is 19.1. The van der Waals surface area contributed by atoms with Crippen LogP contribution in [0.5, 0.6) is 0 Å². The zero-order chi connectivity index (χ0) is 23.0. The predicted octanol–water partition coefficient (Wildman–Crippen LogP) is 1.91.